The summed E-state index contributed by atoms with van der Waals surface area (Å²) in [7, 11) is -3.71. The molecule has 8 nitrogen and oxygen atoms in total. The molecule has 0 spiro atoms. The largest absolute Gasteiger partial charge is 0.347 e. The summed E-state index contributed by atoms with van der Waals surface area (Å²) >= 11 is 0. The highest BCUT2D eigenvalue weighted by atomic mass is 32.2. The number of rotatable bonds is 6. The molecule has 1 heterocycles. The SMILES string of the molecule is NS(=O)(=O)c1ccc(CCNC(=O)c2nc(-c3ccccc3)no2)cc1. The van der Waals surface area contributed by atoms with Gasteiger partial charge in [0.05, 0.1) is 4.90 Å². The van der Waals surface area contributed by atoms with E-state index in [9.17, 15) is 13.2 Å². The average Bonchev–Trinajstić information content (AvgIpc) is 3.12. The Morgan fingerprint density at radius 1 is 1.08 bits per heavy atom. The number of aromatic nitrogens is 2. The number of carbonyl (C=O) groups excluding carboxylic acids is 1. The van der Waals surface area contributed by atoms with Crippen molar-refractivity contribution in [3.05, 3.63) is 66.1 Å². The molecule has 3 aromatic rings. The summed E-state index contributed by atoms with van der Waals surface area (Å²) in [5, 5.41) is 11.5. The number of carbonyl (C=O) groups is 1. The van der Waals surface area contributed by atoms with Gasteiger partial charge in [0.2, 0.25) is 15.8 Å². The van der Waals surface area contributed by atoms with Crippen molar-refractivity contribution in [2.75, 3.05) is 6.54 Å². The topological polar surface area (TPSA) is 128 Å². The van der Waals surface area contributed by atoms with Crippen molar-refractivity contribution in [1.29, 1.82) is 0 Å². The molecule has 0 radical (unpaired) electrons. The molecule has 26 heavy (non-hydrogen) atoms. The maximum absolute atomic E-state index is 12.1. The zero-order valence-electron chi connectivity index (χ0n) is 13.6. The molecule has 0 bridgehead atoms. The molecule has 3 rings (SSSR count). The number of nitrogens with one attached hydrogen (secondary N) is 1. The molecule has 0 aliphatic rings. The van der Waals surface area contributed by atoms with Crippen molar-refractivity contribution in [2.45, 2.75) is 11.3 Å². The number of benzene rings is 2. The molecule has 3 N–H and O–H groups in total. The van der Waals surface area contributed by atoms with Crippen LogP contribution in [0.25, 0.3) is 11.4 Å². The fourth-order valence-electron chi connectivity index (χ4n) is 2.26. The highest BCUT2D eigenvalue weighted by Gasteiger charge is 2.15. The Morgan fingerprint density at radius 3 is 2.42 bits per heavy atom. The third-order valence-electron chi connectivity index (χ3n) is 3.60. The van der Waals surface area contributed by atoms with Gasteiger partial charge in [0.15, 0.2) is 0 Å². The Balaban J connectivity index is 1.55. The van der Waals surface area contributed by atoms with Gasteiger partial charge >= 0.3 is 11.8 Å². The van der Waals surface area contributed by atoms with E-state index in [1.165, 1.54) is 12.1 Å². The van der Waals surface area contributed by atoms with Crippen LogP contribution in [-0.4, -0.2) is 31.0 Å². The van der Waals surface area contributed by atoms with Crippen molar-refractivity contribution < 1.29 is 17.7 Å². The number of primary sulfonamides is 1. The van der Waals surface area contributed by atoms with E-state index in [0.29, 0.717) is 18.8 Å². The van der Waals surface area contributed by atoms with Crippen LogP contribution in [0.15, 0.2) is 64.0 Å². The first-order valence-corrected chi connectivity index (χ1v) is 9.27. The highest BCUT2D eigenvalue weighted by Crippen LogP contribution is 2.14. The second-order valence-electron chi connectivity index (χ2n) is 5.48. The fraction of sp³-hybridized carbons (Fsp3) is 0.118. The maximum Gasteiger partial charge on any atom is 0.316 e. The first-order chi connectivity index (χ1) is 12.4. The lowest BCUT2D eigenvalue weighted by Gasteiger charge is -2.04. The molecule has 0 saturated carbocycles. The van der Waals surface area contributed by atoms with Gasteiger partial charge in [-0.15, -0.1) is 0 Å². The van der Waals surface area contributed by atoms with E-state index in [2.05, 4.69) is 15.5 Å². The van der Waals surface area contributed by atoms with Crippen LogP contribution in [0.4, 0.5) is 0 Å². The van der Waals surface area contributed by atoms with Gasteiger partial charge in [0, 0.05) is 12.1 Å². The van der Waals surface area contributed by atoms with Crippen LogP contribution in [0.5, 0.6) is 0 Å². The molecule has 0 aliphatic carbocycles. The van der Waals surface area contributed by atoms with Crippen molar-refractivity contribution >= 4 is 15.9 Å². The molecule has 0 aliphatic heterocycles. The number of hydrogen-bond donors (Lipinski definition) is 2. The van der Waals surface area contributed by atoms with E-state index in [-0.39, 0.29) is 10.8 Å². The molecular formula is C17H16N4O4S. The Hall–Kier alpha value is -3.04. The van der Waals surface area contributed by atoms with Crippen molar-refractivity contribution in [3.8, 4) is 11.4 Å². The zero-order valence-corrected chi connectivity index (χ0v) is 14.4. The quantitative estimate of drug-likeness (QED) is 0.672. The number of amides is 1. The van der Waals surface area contributed by atoms with Gasteiger partial charge in [-0.2, -0.15) is 4.98 Å². The van der Waals surface area contributed by atoms with Crippen LogP contribution in [0.2, 0.25) is 0 Å². The minimum absolute atomic E-state index is 0.0459. The zero-order chi connectivity index (χ0) is 18.6. The van der Waals surface area contributed by atoms with Gasteiger partial charge in [-0.25, -0.2) is 13.6 Å². The first kappa shape index (κ1) is 17.8. The number of sulfonamides is 1. The minimum atomic E-state index is -3.71. The van der Waals surface area contributed by atoms with Gasteiger partial charge < -0.3 is 9.84 Å². The summed E-state index contributed by atoms with van der Waals surface area (Å²) in [5.74, 6) is -0.247. The molecular weight excluding hydrogens is 356 g/mol. The van der Waals surface area contributed by atoms with E-state index in [1.54, 1.807) is 12.1 Å². The summed E-state index contributed by atoms with van der Waals surface area (Å²) in [5.41, 5.74) is 1.61. The average molecular weight is 372 g/mol. The summed E-state index contributed by atoms with van der Waals surface area (Å²) in [6.45, 7) is 0.330. The number of nitrogens with zero attached hydrogens (tertiary/aromatic N) is 2. The van der Waals surface area contributed by atoms with E-state index in [4.69, 9.17) is 9.66 Å². The number of nitrogens with two attached hydrogens (primary N) is 1. The van der Waals surface area contributed by atoms with E-state index >= 15 is 0 Å². The molecule has 2 aromatic carbocycles. The van der Waals surface area contributed by atoms with E-state index < -0.39 is 15.9 Å². The Morgan fingerprint density at radius 2 is 1.77 bits per heavy atom. The Kier molecular flexibility index (Phi) is 5.10. The van der Waals surface area contributed by atoms with Crippen LogP contribution in [0.3, 0.4) is 0 Å². The van der Waals surface area contributed by atoms with Crippen molar-refractivity contribution in [3.63, 3.8) is 0 Å². The lowest BCUT2D eigenvalue weighted by atomic mass is 10.1. The van der Waals surface area contributed by atoms with Crippen LogP contribution in [-0.2, 0) is 16.4 Å². The minimum Gasteiger partial charge on any atom is -0.347 e. The summed E-state index contributed by atoms with van der Waals surface area (Å²) in [6, 6.07) is 15.3. The normalized spacial score (nSPS) is 11.3. The Bertz CT molecular complexity index is 999. The van der Waals surface area contributed by atoms with Gasteiger partial charge in [-0.1, -0.05) is 47.6 Å². The third kappa shape index (κ3) is 4.32. The second kappa shape index (κ2) is 7.46. The Labute approximate surface area is 150 Å². The molecule has 1 amide bonds. The standard InChI is InChI=1S/C17H16N4O4S/c18-26(23,24)14-8-6-12(7-9-14)10-11-19-16(22)17-20-15(21-25-17)13-4-2-1-3-5-13/h1-9H,10-11H2,(H,19,22)(H2,18,23,24). The van der Waals surface area contributed by atoms with Crippen LogP contribution < -0.4 is 10.5 Å². The molecule has 0 fully saturated rings. The van der Waals surface area contributed by atoms with Crippen LogP contribution >= 0.6 is 0 Å². The molecule has 0 unspecified atom stereocenters. The molecule has 0 saturated heterocycles. The van der Waals surface area contributed by atoms with Gasteiger partial charge in [-0.05, 0) is 24.1 Å². The smallest absolute Gasteiger partial charge is 0.316 e. The van der Waals surface area contributed by atoms with Crippen LogP contribution in [0.1, 0.15) is 16.2 Å². The molecule has 134 valence electrons. The molecule has 0 atom stereocenters. The van der Waals surface area contributed by atoms with Gasteiger partial charge in [0.25, 0.3) is 0 Å². The summed E-state index contributed by atoms with van der Waals surface area (Å²) in [6.07, 6.45) is 0.510. The highest BCUT2D eigenvalue weighted by molar-refractivity contribution is 7.89. The third-order valence-corrected chi connectivity index (χ3v) is 4.53. The van der Waals surface area contributed by atoms with Gasteiger partial charge in [0.1, 0.15) is 0 Å². The number of hydrogen-bond acceptors (Lipinski definition) is 6. The van der Waals surface area contributed by atoms with E-state index in [0.717, 1.165) is 11.1 Å². The second-order valence-corrected chi connectivity index (χ2v) is 7.05. The predicted octanol–water partition coefficient (Wildman–Crippen LogP) is 1.36. The first-order valence-electron chi connectivity index (χ1n) is 7.72. The lowest BCUT2D eigenvalue weighted by molar-refractivity contribution is 0.0910. The molecule has 1 aromatic heterocycles. The summed E-state index contributed by atoms with van der Waals surface area (Å²) in [4.78, 5) is 16.2. The van der Waals surface area contributed by atoms with E-state index in [1.807, 2.05) is 30.3 Å². The van der Waals surface area contributed by atoms with Gasteiger partial charge in [-0.3, -0.25) is 4.79 Å². The summed E-state index contributed by atoms with van der Waals surface area (Å²) < 4.78 is 27.4. The lowest BCUT2D eigenvalue weighted by Crippen LogP contribution is -2.26. The molecule has 9 heteroatoms. The van der Waals surface area contributed by atoms with Crippen molar-refractivity contribution in [2.24, 2.45) is 5.14 Å². The van der Waals surface area contributed by atoms with Crippen LogP contribution in [0, 0.1) is 0 Å². The fourth-order valence-corrected chi connectivity index (χ4v) is 2.78. The predicted molar refractivity (Wildman–Crippen MR) is 93.6 cm³/mol. The monoisotopic (exact) mass is 372 g/mol. The maximum atomic E-state index is 12.1. The van der Waals surface area contributed by atoms with Crippen molar-refractivity contribution in [1.82, 2.24) is 15.5 Å².